The fourth-order valence-electron chi connectivity index (χ4n) is 1.92. The molecule has 2 aromatic rings. The number of ether oxygens (including phenoxy) is 1. The van der Waals surface area contributed by atoms with Crippen LogP contribution in [0.4, 0.5) is 0 Å². The second-order valence-electron chi connectivity index (χ2n) is 5.31. The molecule has 0 fully saturated rings. The Morgan fingerprint density at radius 1 is 1.22 bits per heavy atom. The lowest BCUT2D eigenvalue weighted by atomic mass is 10.2. The Balaban J connectivity index is 1.84. The lowest BCUT2D eigenvalue weighted by Crippen LogP contribution is -2.15. The molecule has 0 amide bonds. The summed E-state index contributed by atoms with van der Waals surface area (Å²) in [6.07, 6.45) is 0.993. The van der Waals surface area contributed by atoms with Crippen LogP contribution in [0.5, 0.6) is 5.75 Å². The van der Waals surface area contributed by atoms with E-state index in [-0.39, 0.29) is 6.61 Å². The van der Waals surface area contributed by atoms with E-state index in [1.165, 1.54) is 0 Å². The number of hydrogen-bond acceptors (Lipinski definition) is 7. The van der Waals surface area contributed by atoms with Crippen LogP contribution in [0.15, 0.2) is 28.7 Å². The van der Waals surface area contributed by atoms with E-state index in [4.69, 9.17) is 14.3 Å². The summed E-state index contributed by atoms with van der Waals surface area (Å²) in [6, 6.07) is 7.66. The average molecular weight is 337 g/mol. The number of nitrogens with zero attached hydrogens (tertiary/aromatic N) is 3. The van der Waals surface area contributed by atoms with Crippen molar-refractivity contribution in [2.75, 3.05) is 39.6 Å². The van der Waals surface area contributed by atoms with Gasteiger partial charge in [-0.05, 0) is 44.8 Å². The number of rotatable bonds is 10. The summed E-state index contributed by atoms with van der Waals surface area (Å²) in [5.74, 6) is 3.19. The molecule has 1 aromatic carbocycles. The minimum Gasteiger partial charge on any atom is -0.494 e. The molecule has 0 unspecified atom stereocenters. The quantitative estimate of drug-likeness (QED) is 0.667. The largest absolute Gasteiger partial charge is 0.494 e. The van der Waals surface area contributed by atoms with Crippen molar-refractivity contribution in [3.05, 3.63) is 30.2 Å². The second kappa shape index (κ2) is 9.54. The molecule has 0 radical (unpaired) electrons. The predicted molar refractivity (Wildman–Crippen MR) is 91.6 cm³/mol. The molecule has 0 atom stereocenters. The van der Waals surface area contributed by atoms with Gasteiger partial charge in [0.05, 0.1) is 19.0 Å². The Labute approximate surface area is 140 Å². The van der Waals surface area contributed by atoms with Crippen LogP contribution in [-0.4, -0.2) is 59.8 Å². The van der Waals surface area contributed by atoms with Crippen molar-refractivity contribution in [1.82, 2.24) is 15.1 Å². The lowest BCUT2D eigenvalue weighted by Gasteiger charge is -2.10. The number of thioether (sulfide) groups is 1. The summed E-state index contributed by atoms with van der Waals surface area (Å²) in [6.45, 7) is 1.86. The lowest BCUT2D eigenvalue weighted by molar-refractivity contribution is 0.281. The Hall–Kier alpha value is -1.57. The van der Waals surface area contributed by atoms with Gasteiger partial charge >= 0.3 is 0 Å². The first-order valence-electron chi connectivity index (χ1n) is 7.58. The van der Waals surface area contributed by atoms with Crippen LogP contribution >= 0.6 is 11.8 Å². The fourth-order valence-corrected chi connectivity index (χ4v) is 2.48. The molecule has 1 heterocycles. The first-order valence-corrected chi connectivity index (χ1v) is 8.73. The van der Waals surface area contributed by atoms with Gasteiger partial charge < -0.3 is 19.2 Å². The van der Waals surface area contributed by atoms with Crippen LogP contribution in [0.25, 0.3) is 11.5 Å². The topological polar surface area (TPSA) is 71.6 Å². The molecule has 0 saturated heterocycles. The summed E-state index contributed by atoms with van der Waals surface area (Å²) in [7, 11) is 4.10. The number of aromatic nitrogens is 2. The Kier molecular flexibility index (Phi) is 7.38. The highest BCUT2D eigenvalue weighted by Crippen LogP contribution is 2.22. The molecule has 23 heavy (non-hydrogen) atoms. The maximum Gasteiger partial charge on any atom is 0.247 e. The van der Waals surface area contributed by atoms with Gasteiger partial charge in [0.2, 0.25) is 11.8 Å². The van der Waals surface area contributed by atoms with Crippen molar-refractivity contribution >= 4 is 11.8 Å². The number of benzene rings is 1. The summed E-state index contributed by atoms with van der Waals surface area (Å²) in [5.41, 5.74) is 0.872. The molecule has 1 aromatic heterocycles. The summed E-state index contributed by atoms with van der Waals surface area (Å²) < 4.78 is 11.3. The SMILES string of the molecule is CN(C)CCCOc1ccc(-c2nnc(CSCCO)o2)cc1. The van der Waals surface area contributed by atoms with E-state index in [0.29, 0.717) is 29.9 Å². The molecule has 0 bridgehead atoms. The molecular formula is C16H23N3O3S. The average Bonchev–Trinajstić information content (AvgIpc) is 3.01. The van der Waals surface area contributed by atoms with Crippen molar-refractivity contribution in [3.8, 4) is 17.2 Å². The Bertz CT molecular complexity index is 572. The molecule has 7 heteroatoms. The van der Waals surface area contributed by atoms with Crippen LogP contribution in [0.2, 0.25) is 0 Å². The fraction of sp³-hybridized carbons (Fsp3) is 0.500. The van der Waals surface area contributed by atoms with Crippen LogP contribution < -0.4 is 4.74 Å². The first-order chi connectivity index (χ1) is 11.2. The van der Waals surface area contributed by atoms with Crippen molar-refractivity contribution < 1.29 is 14.3 Å². The smallest absolute Gasteiger partial charge is 0.247 e. The van der Waals surface area contributed by atoms with E-state index in [9.17, 15) is 0 Å². The van der Waals surface area contributed by atoms with Crippen molar-refractivity contribution in [1.29, 1.82) is 0 Å². The third-order valence-electron chi connectivity index (χ3n) is 3.05. The number of hydrogen-bond donors (Lipinski definition) is 1. The third-order valence-corrected chi connectivity index (χ3v) is 3.97. The Morgan fingerprint density at radius 2 is 2.00 bits per heavy atom. The zero-order chi connectivity index (χ0) is 16.5. The minimum absolute atomic E-state index is 0.154. The summed E-state index contributed by atoms with van der Waals surface area (Å²) >= 11 is 1.56. The number of aliphatic hydroxyl groups excluding tert-OH is 1. The minimum atomic E-state index is 0.154. The van der Waals surface area contributed by atoms with Gasteiger partial charge in [-0.3, -0.25) is 0 Å². The van der Waals surface area contributed by atoms with Gasteiger partial charge in [0.1, 0.15) is 5.75 Å². The zero-order valence-corrected chi connectivity index (χ0v) is 14.4. The van der Waals surface area contributed by atoms with Gasteiger partial charge in [-0.25, -0.2) is 0 Å². The molecule has 0 spiro atoms. The molecule has 0 saturated carbocycles. The van der Waals surface area contributed by atoms with Crippen molar-refractivity contribution in [2.45, 2.75) is 12.2 Å². The summed E-state index contributed by atoms with van der Waals surface area (Å²) in [5, 5.41) is 16.8. The maximum atomic E-state index is 8.76. The van der Waals surface area contributed by atoms with E-state index in [0.717, 1.165) is 24.3 Å². The van der Waals surface area contributed by atoms with Crippen LogP contribution in [-0.2, 0) is 5.75 Å². The highest BCUT2D eigenvalue weighted by atomic mass is 32.2. The predicted octanol–water partition coefficient (Wildman–Crippen LogP) is 2.29. The molecular weight excluding hydrogens is 314 g/mol. The van der Waals surface area contributed by atoms with Gasteiger partial charge in [0.25, 0.3) is 0 Å². The van der Waals surface area contributed by atoms with Gasteiger partial charge in [-0.1, -0.05) is 0 Å². The zero-order valence-electron chi connectivity index (χ0n) is 13.6. The monoisotopic (exact) mass is 337 g/mol. The van der Waals surface area contributed by atoms with E-state index in [1.54, 1.807) is 11.8 Å². The van der Waals surface area contributed by atoms with Crippen LogP contribution in [0, 0.1) is 0 Å². The molecule has 2 rings (SSSR count). The number of aliphatic hydroxyl groups is 1. The first kappa shape index (κ1) is 17.8. The van der Waals surface area contributed by atoms with E-state index in [2.05, 4.69) is 29.2 Å². The van der Waals surface area contributed by atoms with E-state index < -0.39 is 0 Å². The molecule has 0 aliphatic rings. The third kappa shape index (κ3) is 6.21. The van der Waals surface area contributed by atoms with Gasteiger partial charge in [0, 0.05) is 17.9 Å². The molecule has 1 N–H and O–H groups in total. The Morgan fingerprint density at radius 3 is 2.70 bits per heavy atom. The van der Waals surface area contributed by atoms with Gasteiger partial charge in [-0.15, -0.1) is 22.0 Å². The molecule has 126 valence electrons. The molecule has 0 aliphatic carbocycles. The normalized spacial score (nSPS) is 11.1. The molecule has 0 aliphatic heterocycles. The van der Waals surface area contributed by atoms with Gasteiger partial charge in [-0.2, -0.15) is 0 Å². The summed E-state index contributed by atoms with van der Waals surface area (Å²) in [4.78, 5) is 2.14. The highest BCUT2D eigenvalue weighted by Gasteiger charge is 2.08. The highest BCUT2D eigenvalue weighted by molar-refractivity contribution is 7.98. The maximum absolute atomic E-state index is 8.76. The van der Waals surface area contributed by atoms with E-state index in [1.807, 2.05) is 24.3 Å². The van der Waals surface area contributed by atoms with E-state index >= 15 is 0 Å². The van der Waals surface area contributed by atoms with Crippen molar-refractivity contribution in [3.63, 3.8) is 0 Å². The standard InChI is InChI=1S/C16H23N3O3S/c1-19(2)8-3-10-21-14-6-4-13(5-7-14)16-18-17-15(22-16)12-23-11-9-20/h4-7,20H,3,8-12H2,1-2H3. The van der Waals surface area contributed by atoms with Crippen LogP contribution in [0.3, 0.4) is 0 Å². The molecule has 6 nitrogen and oxygen atoms in total. The second-order valence-corrected chi connectivity index (χ2v) is 6.41. The van der Waals surface area contributed by atoms with Crippen molar-refractivity contribution in [2.24, 2.45) is 0 Å². The van der Waals surface area contributed by atoms with Crippen LogP contribution in [0.1, 0.15) is 12.3 Å². The van der Waals surface area contributed by atoms with Gasteiger partial charge in [0.15, 0.2) is 0 Å².